The maximum absolute atomic E-state index is 12.9. The van der Waals surface area contributed by atoms with Crippen molar-refractivity contribution in [3.05, 3.63) is 47.3 Å². The molecule has 2 aliphatic rings. The Morgan fingerprint density at radius 2 is 1.94 bits per heavy atom. The third-order valence-electron chi connectivity index (χ3n) is 5.79. The lowest BCUT2D eigenvalue weighted by Gasteiger charge is -2.09. The van der Waals surface area contributed by atoms with E-state index in [1.165, 1.54) is 35.9 Å². The summed E-state index contributed by atoms with van der Waals surface area (Å²) in [7, 11) is 0. The van der Waals surface area contributed by atoms with Gasteiger partial charge in [-0.05, 0) is 50.7 Å². The average molecular weight is 483 g/mol. The highest BCUT2D eigenvalue weighted by Crippen LogP contribution is 2.46. The molecule has 7 nitrogen and oxygen atoms in total. The standard InChI is InChI=1S/C24H26N4O3S2/c1-3-31-23(30)19-14(2)20(15-7-5-4-6-8-15)33-22(19)25-18(29)13-32-24-27-26-21(16-9-10-16)28(24)17-11-12-17/h4-8,16-17H,3,9-13H2,1-2H3,(H,25,29). The van der Waals surface area contributed by atoms with Gasteiger partial charge in [-0.1, -0.05) is 42.1 Å². The fourth-order valence-electron chi connectivity index (χ4n) is 3.89. The van der Waals surface area contributed by atoms with E-state index in [-0.39, 0.29) is 18.3 Å². The molecular weight excluding hydrogens is 456 g/mol. The highest BCUT2D eigenvalue weighted by molar-refractivity contribution is 7.99. The SMILES string of the molecule is CCOC(=O)c1c(NC(=O)CSc2nnc(C3CC3)n2C2CC2)sc(-c2ccccc2)c1C. The van der Waals surface area contributed by atoms with Gasteiger partial charge in [-0.3, -0.25) is 4.79 Å². The molecule has 2 heterocycles. The van der Waals surface area contributed by atoms with Crippen LogP contribution in [0.25, 0.3) is 10.4 Å². The summed E-state index contributed by atoms with van der Waals surface area (Å²) in [5, 5.41) is 13.1. The topological polar surface area (TPSA) is 86.1 Å². The van der Waals surface area contributed by atoms with E-state index >= 15 is 0 Å². The van der Waals surface area contributed by atoms with Crippen molar-refractivity contribution in [2.45, 2.75) is 56.6 Å². The van der Waals surface area contributed by atoms with Gasteiger partial charge < -0.3 is 14.6 Å². The van der Waals surface area contributed by atoms with Crippen molar-refractivity contribution in [2.24, 2.45) is 0 Å². The first-order valence-electron chi connectivity index (χ1n) is 11.3. The molecule has 172 valence electrons. The van der Waals surface area contributed by atoms with Gasteiger partial charge in [0.25, 0.3) is 0 Å². The molecule has 0 bridgehead atoms. The van der Waals surface area contributed by atoms with Crippen molar-refractivity contribution in [3.8, 4) is 10.4 Å². The predicted octanol–water partition coefficient (Wildman–Crippen LogP) is 5.43. The molecule has 5 rings (SSSR count). The van der Waals surface area contributed by atoms with Crippen LogP contribution < -0.4 is 5.32 Å². The molecule has 0 spiro atoms. The van der Waals surface area contributed by atoms with Gasteiger partial charge in [-0.15, -0.1) is 21.5 Å². The Bertz CT molecular complexity index is 1180. The molecule has 2 aliphatic carbocycles. The number of anilines is 1. The Labute approximate surface area is 200 Å². The van der Waals surface area contributed by atoms with E-state index < -0.39 is 5.97 Å². The van der Waals surface area contributed by atoms with E-state index in [9.17, 15) is 9.59 Å². The second-order valence-corrected chi connectivity index (χ2v) is 10.4. The summed E-state index contributed by atoms with van der Waals surface area (Å²) in [5.41, 5.74) is 2.25. The average Bonchev–Trinajstić information content (AvgIpc) is 3.75. The van der Waals surface area contributed by atoms with Crippen LogP contribution >= 0.6 is 23.1 Å². The highest BCUT2D eigenvalue weighted by atomic mass is 32.2. The second kappa shape index (κ2) is 9.30. The molecular formula is C24H26N4O3S2. The van der Waals surface area contributed by atoms with E-state index in [0.717, 1.165) is 39.8 Å². The zero-order chi connectivity index (χ0) is 22.9. The number of hydrogen-bond acceptors (Lipinski definition) is 7. The van der Waals surface area contributed by atoms with Crippen molar-refractivity contribution in [1.29, 1.82) is 0 Å². The van der Waals surface area contributed by atoms with Crippen LogP contribution in [-0.2, 0) is 9.53 Å². The maximum atomic E-state index is 12.9. The Morgan fingerprint density at radius 1 is 1.18 bits per heavy atom. The third-order valence-corrected chi connectivity index (χ3v) is 7.99. The van der Waals surface area contributed by atoms with Crippen molar-refractivity contribution in [1.82, 2.24) is 14.8 Å². The minimum absolute atomic E-state index is 0.176. The normalized spacial score (nSPS) is 15.5. The smallest absolute Gasteiger partial charge is 0.341 e. The Balaban J connectivity index is 1.34. The van der Waals surface area contributed by atoms with Gasteiger partial charge in [-0.2, -0.15) is 0 Å². The van der Waals surface area contributed by atoms with Crippen LogP contribution in [0.1, 0.15) is 66.3 Å². The summed E-state index contributed by atoms with van der Waals surface area (Å²) in [6.07, 6.45) is 4.65. The van der Waals surface area contributed by atoms with Crippen molar-refractivity contribution >= 4 is 40.0 Å². The number of hydrogen-bond donors (Lipinski definition) is 1. The van der Waals surface area contributed by atoms with Gasteiger partial charge in [0.05, 0.1) is 17.9 Å². The fraction of sp³-hybridized carbons (Fsp3) is 0.417. The Morgan fingerprint density at radius 3 is 2.61 bits per heavy atom. The zero-order valence-corrected chi connectivity index (χ0v) is 20.3. The molecule has 1 aromatic carbocycles. The minimum atomic E-state index is -0.418. The summed E-state index contributed by atoms with van der Waals surface area (Å²) in [5.74, 6) is 1.21. The van der Waals surface area contributed by atoms with E-state index in [1.807, 2.05) is 37.3 Å². The molecule has 33 heavy (non-hydrogen) atoms. The van der Waals surface area contributed by atoms with Crippen LogP contribution in [0.3, 0.4) is 0 Å². The number of thiophene rings is 1. The first-order chi connectivity index (χ1) is 16.1. The number of esters is 1. The number of aromatic nitrogens is 3. The van der Waals surface area contributed by atoms with Crippen LogP contribution in [0.2, 0.25) is 0 Å². The summed E-state index contributed by atoms with van der Waals surface area (Å²) >= 11 is 2.81. The number of thioether (sulfide) groups is 1. The number of nitrogens with one attached hydrogen (secondary N) is 1. The zero-order valence-electron chi connectivity index (χ0n) is 18.7. The molecule has 0 aliphatic heterocycles. The molecule has 1 N–H and O–H groups in total. The molecule has 0 radical (unpaired) electrons. The summed E-state index contributed by atoms with van der Waals surface area (Å²) in [6.45, 7) is 3.95. The second-order valence-electron chi connectivity index (χ2n) is 8.40. The van der Waals surface area contributed by atoms with Crippen LogP contribution in [0.5, 0.6) is 0 Å². The molecule has 3 aromatic rings. The monoisotopic (exact) mass is 482 g/mol. The quantitative estimate of drug-likeness (QED) is 0.323. The Kier molecular flexibility index (Phi) is 6.25. The first-order valence-corrected chi connectivity index (χ1v) is 13.1. The summed E-state index contributed by atoms with van der Waals surface area (Å²) < 4.78 is 7.52. The number of benzene rings is 1. The fourth-order valence-corrected chi connectivity index (χ4v) is 5.92. The first kappa shape index (κ1) is 22.2. The number of ether oxygens (including phenoxy) is 1. The van der Waals surface area contributed by atoms with Gasteiger partial charge in [-0.25, -0.2) is 4.79 Å². The van der Waals surface area contributed by atoms with Crippen molar-refractivity contribution in [3.63, 3.8) is 0 Å². The molecule has 9 heteroatoms. The van der Waals surface area contributed by atoms with E-state index in [0.29, 0.717) is 22.5 Å². The predicted molar refractivity (Wildman–Crippen MR) is 130 cm³/mol. The van der Waals surface area contributed by atoms with Crippen molar-refractivity contribution in [2.75, 3.05) is 17.7 Å². The van der Waals surface area contributed by atoms with Crippen LogP contribution in [0, 0.1) is 6.92 Å². The van der Waals surface area contributed by atoms with E-state index in [1.54, 1.807) is 6.92 Å². The lowest BCUT2D eigenvalue weighted by atomic mass is 10.1. The van der Waals surface area contributed by atoms with Crippen LogP contribution in [-0.4, -0.2) is 39.0 Å². The Hall–Kier alpha value is -2.65. The summed E-state index contributed by atoms with van der Waals surface area (Å²) in [6, 6.07) is 10.3. The maximum Gasteiger partial charge on any atom is 0.341 e. The van der Waals surface area contributed by atoms with Gasteiger partial charge in [0, 0.05) is 16.8 Å². The highest BCUT2D eigenvalue weighted by Gasteiger charge is 2.36. The molecule has 2 fully saturated rings. The van der Waals surface area contributed by atoms with Gasteiger partial charge >= 0.3 is 5.97 Å². The van der Waals surface area contributed by atoms with E-state index in [2.05, 4.69) is 20.1 Å². The lowest BCUT2D eigenvalue weighted by molar-refractivity contribution is -0.113. The van der Waals surface area contributed by atoms with E-state index in [4.69, 9.17) is 4.74 Å². The van der Waals surface area contributed by atoms with Crippen LogP contribution in [0.4, 0.5) is 5.00 Å². The molecule has 0 atom stereocenters. The number of carbonyl (C=O) groups is 2. The minimum Gasteiger partial charge on any atom is -0.462 e. The number of rotatable bonds is 9. The summed E-state index contributed by atoms with van der Waals surface area (Å²) in [4.78, 5) is 26.5. The van der Waals surface area contributed by atoms with Gasteiger partial charge in [0.15, 0.2) is 5.16 Å². The largest absolute Gasteiger partial charge is 0.462 e. The number of nitrogens with zero attached hydrogens (tertiary/aromatic N) is 3. The van der Waals surface area contributed by atoms with Gasteiger partial charge in [0.2, 0.25) is 5.91 Å². The third kappa shape index (κ3) is 4.70. The number of carbonyl (C=O) groups excluding carboxylic acids is 2. The molecule has 2 aromatic heterocycles. The molecule has 0 saturated heterocycles. The lowest BCUT2D eigenvalue weighted by Crippen LogP contribution is -2.17. The molecule has 2 saturated carbocycles. The van der Waals surface area contributed by atoms with Crippen LogP contribution in [0.15, 0.2) is 35.5 Å². The molecule has 0 unspecified atom stereocenters. The molecule has 1 amide bonds. The number of amides is 1. The van der Waals surface area contributed by atoms with Crippen molar-refractivity contribution < 1.29 is 14.3 Å². The van der Waals surface area contributed by atoms with Gasteiger partial charge in [0.1, 0.15) is 10.8 Å².